The molecule has 3 fully saturated rings. The summed E-state index contributed by atoms with van der Waals surface area (Å²) in [6, 6.07) is 0. The molecule has 3 aliphatic rings. The summed E-state index contributed by atoms with van der Waals surface area (Å²) in [6.07, 6.45) is 7.51. The Hall–Kier alpha value is -1.39. The third-order valence-corrected chi connectivity index (χ3v) is 7.96. The normalized spacial score (nSPS) is 40.8. The lowest BCUT2D eigenvalue weighted by Crippen LogP contribution is -2.52. The van der Waals surface area contributed by atoms with Crippen LogP contribution in [-0.2, 0) is 23.9 Å². The molecular weight excluding hydrogens is 344 g/mol. The Kier molecular flexibility index (Phi) is 5.69. The minimum Gasteiger partial charge on any atom is -0.469 e. The van der Waals surface area contributed by atoms with Crippen molar-refractivity contribution in [2.24, 2.45) is 28.6 Å². The Morgan fingerprint density at radius 3 is 2.59 bits per heavy atom. The van der Waals surface area contributed by atoms with Crippen molar-refractivity contribution in [2.75, 3.05) is 7.11 Å². The number of rotatable bonds is 5. The van der Waals surface area contributed by atoms with Crippen LogP contribution in [0.4, 0.5) is 0 Å². The summed E-state index contributed by atoms with van der Waals surface area (Å²) in [5.41, 5.74) is -0.157. The molecule has 3 aliphatic carbocycles. The van der Waals surface area contributed by atoms with Crippen molar-refractivity contribution in [3.63, 3.8) is 0 Å². The molecule has 0 heterocycles. The van der Waals surface area contributed by atoms with E-state index < -0.39 is 0 Å². The molecule has 0 bridgehead atoms. The number of Topliss-reactive ketones (excluding diaryl/α,β-unsaturated/α-hetero) is 1. The number of ketones is 1. The van der Waals surface area contributed by atoms with Gasteiger partial charge in [0.05, 0.1) is 7.11 Å². The van der Waals surface area contributed by atoms with E-state index in [1.54, 1.807) is 0 Å². The maximum Gasteiger partial charge on any atom is 0.305 e. The van der Waals surface area contributed by atoms with Gasteiger partial charge in [-0.05, 0) is 68.1 Å². The first-order valence-corrected chi connectivity index (χ1v) is 10.5. The quantitative estimate of drug-likeness (QED) is 0.675. The van der Waals surface area contributed by atoms with Crippen molar-refractivity contribution in [3.8, 4) is 0 Å². The van der Waals surface area contributed by atoms with Crippen LogP contribution in [0.1, 0.15) is 78.6 Å². The number of ether oxygens (including phenoxy) is 2. The second-order valence-corrected chi connectivity index (χ2v) is 9.55. The molecule has 0 N–H and O–H groups in total. The summed E-state index contributed by atoms with van der Waals surface area (Å²) in [6.45, 7) is 5.94. The van der Waals surface area contributed by atoms with E-state index in [0.29, 0.717) is 36.4 Å². The van der Waals surface area contributed by atoms with Gasteiger partial charge in [-0.15, -0.1) is 0 Å². The lowest BCUT2D eigenvalue weighted by molar-refractivity contribution is -0.162. The smallest absolute Gasteiger partial charge is 0.305 e. The molecule has 27 heavy (non-hydrogen) atoms. The summed E-state index contributed by atoms with van der Waals surface area (Å²) in [7, 11) is 1.43. The Morgan fingerprint density at radius 2 is 1.93 bits per heavy atom. The maximum atomic E-state index is 12.6. The van der Waals surface area contributed by atoms with Crippen LogP contribution in [0.15, 0.2) is 0 Å². The molecule has 0 unspecified atom stereocenters. The van der Waals surface area contributed by atoms with Crippen molar-refractivity contribution >= 4 is 17.7 Å². The Morgan fingerprint density at radius 1 is 1.19 bits per heavy atom. The average Bonchev–Trinajstić information content (AvgIpc) is 2.89. The first-order valence-electron chi connectivity index (χ1n) is 10.5. The first kappa shape index (κ1) is 20.3. The third kappa shape index (κ3) is 3.79. The Bertz CT molecular complexity index is 614. The third-order valence-electron chi connectivity index (χ3n) is 7.96. The molecule has 0 saturated heterocycles. The highest BCUT2D eigenvalue weighted by atomic mass is 16.5. The van der Waals surface area contributed by atoms with E-state index in [1.165, 1.54) is 14.0 Å². The predicted octanol–water partition coefficient (Wildman–Crippen LogP) is 4.07. The summed E-state index contributed by atoms with van der Waals surface area (Å²) in [5, 5.41) is 0. The SMILES string of the molecule is COC(=O)CCC[C@@]1(C)C[C@H](OC(C)=O)C[C@@H]2[C@@H]1CC[C@]1(C)C(=O)CC[C@@H]21. The average molecular weight is 379 g/mol. The molecule has 5 nitrogen and oxygen atoms in total. The molecule has 0 amide bonds. The first-order chi connectivity index (χ1) is 12.7. The van der Waals surface area contributed by atoms with Crippen LogP contribution in [0.3, 0.4) is 0 Å². The van der Waals surface area contributed by atoms with E-state index in [-0.39, 0.29) is 28.9 Å². The molecule has 5 heteroatoms. The van der Waals surface area contributed by atoms with E-state index in [2.05, 4.69) is 13.8 Å². The van der Waals surface area contributed by atoms with Gasteiger partial charge in [0.1, 0.15) is 11.9 Å². The van der Waals surface area contributed by atoms with Crippen LogP contribution in [0.5, 0.6) is 0 Å². The fraction of sp³-hybridized carbons (Fsp3) is 0.864. The second-order valence-electron chi connectivity index (χ2n) is 9.55. The number of esters is 2. The highest BCUT2D eigenvalue weighted by Gasteiger charge is 2.59. The van der Waals surface area contributed by atoms with Gasteiger partial charge in [0.15, 0.2) is 0 Å². The Balaban J connectivity index is 1.81. The summed E-state index contributed by atoms with van der Waals surface area (Å²) >= 11 is 0. The van der Waals surface area contributed by atoms with Crippen molar-refractivity contribution in [2.45, 2.75) is 84.7 Å². The van der Waals surface area contributed by atoms with Gasteiger partial charge in [0, 0.05) is 25.2 Å². The minimum atomic E-state index is -0.226. The van der Waals surface area contributed by atoms with Crippen LogP contribution < -0.4 is 0 Å². The van der Waals surface area contributed by atoms with Gasteiger partial charge in [-0.1, -0.05) is 13.8 Å². The van der Waals surface area contributed by atoms with Crippen molar-refractivity contribution in [1.29, 1.82) is 0 Å². The molecule has 3 rings (SSSR count). The largest absolute Gasteiger partial charge is 0.469 e. The fourth-order valence-corrected chi connectivity index (χ4v) is 6.66. The number of methoxy groups -OCH3 is 1. The van der Waals surface area contributed by atoms with Gasteiger partial charge in [0.25, 0.3) is 0 Å². The number of carbonyl (C=O) groups excluding carboxylic acids is 3. The maximum absolute atomic E-state index is 12.6. The van der Waals surface area contributed by atoms with Crippen molar-refractivity contribution in [1.82, 2.24) is 0 Å². The zero-order valence-corrected chi connectivity index (χ0v) is 17.2. The number of carbonyl (C=O) groups is 3. The van der Waals surface area contributed by atoms with Gasteiger partial charge in [-0.2, -0.15) is 0 Å². The minimum absolute atomic E-state index is 0.0318. The molecular formula is C22H34O5. The Labute approximate surface area is 162 Å². The monoisotopic (exact) mass is 378 g/mol. The highest BCUT2D eigenvalue weighted by Crippen LogP contribution is 2.62. The molecule has 152 valence electrons. The van der Waals surface area contributed by atoms with Gasteiger partial charge in [-0.25, -0.2) is 0 Å². The van der Waals surface area contributed by atoms with Gasteiger partial charge in [-0.3, -0.25) is 14.4 Å². The van der Waals surface area contributed by atoms with Crippen LogP contribution in [0.2, 0.25) is 0 Å². The van der Waals surface area contributed by atoms with E-state index in [9.17, 15) is 14.4 Å². The summed E-state index contributed by atoms with van der Waals surface area (Å²) in [4.78, 5) is 35.7. The van der Waals surface area contributed by atoms with Gasteiger partial charge >= 0.3 is 11.9 Å². The lowest BCUT2D eigenvalue weighted by atomic mass is 9.49. The molecule has 0 spiro atoms. The van der Waals surface area contributed by atoms with Crippen molar-refractivity contribution in [3.05, 3.63) is 0 Å². The van der Waals surface area contributed by atoms with Crippen LogP contribution in [-0.4, -0.2) is 30.9 Å². The van der Waals surface area contributed by atoms with E-state index >= 15 is 0 Å². The highest BCUT2D eigenvalue weighted by molar-refractivity contribution is 5.87. The molecule has 0 aromatic rings. The molecule has 3 saturated carbocycles. The van der Waals surface area contributed by atoms with Gasteiger partial charge in [0.2, 0.25) is 0 Å². The van der Waals surface area contributed by atoms with E-state index in [0.717, 1.165) is 44.9 Å². The van der Waals surface area contributed by atoms with Crippen LogP contribution in [0.25, 0.3) is 0 Å². The summed E-state index contributed by atoms with van der Waals surface area (Å²) < 4.78 is 10.5. The fourth-order valence-electron chi connectivity index (χ4n) is 6.66. The molecule has 6 atom stereocenters. The second kappa shape index (κ2) is 7.56. The number of fused-ring (bicyclic) bond motifs is 3. The van der Waals surface area contributed by atoms with E-state index in [1.807, 2.05) is 0 Å². The molecule has 0 aromatic heterocycles. The van der Waals surface area contributed by atoms with Crippen LogP contribution in [0, 0.1) is 28.6 Å². The molecule has 0 aliphatic heterocycles. The molecule has 0 aromatic carbocycles. The van der Waals surface area contributed by atoms with Crippen molar-refractivity contribution < 1.29 is 23.9 Å². The van der Waals surface area contributed by atoms with E-state index in [4.69, 9.17) is 9.47 Å². The topological polar surface area (TPSA) is 69.7 Å². The summed E-state index contributed by atoms with van der Waals surface area (Å²) in [5.74, 6) is 1.40. The predicted molar refractivity (Wildman–Crippen MR) is 101 cm³/mol. The number of hydrogen-bond donors (Lipinski definition) is 0. The standard InChI is InChI=1S/C22H34O5/c1-14(23)27-15-12-16-17(9-11-22(3)18(16)7-8-19(22)24)21(2,13-15)10-5-6-20(25)26-4/h15-18H,5-13H2,1-4H3/t15-,16-,17+,18+,21+,22+/m1/s1. The zero-order valence-electron chi connectivity index (χ0n) is 17.2. The molecule has 0 radical (unpaired) electrons. The number of hydrogen-bond acceptors (Lipinski definition) is 5. The zero-order chi connectivity index (χ0) is 19.8. The lowest BCUT2D eigenvalue weighted by Gasteiger charge is -2.56. The van der Waals surface area contributed by atoms with Gasteiger partial charge < -0.3 is 9.47 Å². The van der Waals surface area contributed by atoms with Crippen LogP contribution >= 0.6 is 0 Å².